The lowest BCUT2D eigenvalue weighted by Crippen LogP contribution is -2.43. The number of benzene rings is 1. The highest BCUT2D eigenvalue weighted by Crippen LogP contribution is 2.42. The molecule has 2 heterocycles. The predicted octanol–water partition coefficient (Wildman–Crippen LogP) is 2.20. The number of hydrogen-bond donors (Lipinski definition) is 3. The van der Waals surface area contributed by atoms with Crippen molar-refractivity contribution in [2.75, 3.05) is 29.0 Å². The summed E-state index contributed by atoms with van der Waals surface area (Å²) in [5.74, 6) is -0.777. The number of H-pyrrole nitrogens is 1. The van der Waals surface area contributed by atoms with Crippen molar-refractivity contribution < 1.29 is 23.0 Å². The normalized spacial score (nSPS) is 14.1. The van der Waals surface area contributed by atoms with Crippen LogP contribution in [-0.2, 0) is 11.3 Å². The summed E-state index contributed by atoms with van der Waals surface area (Å²) in [5.41, 5.74) is 5.09. The van der Waals surface area contributed by atoms with Gasteiger partial charge in [0.2, 0.25) is 5.91 Å². The molecule has 0 spiro atoms. The van der Waals surface area contributed by atoms with Gasteiger partial charge in [0.15, 0.2) is 11.5 Å². The highest BCUT2D eigenvalue weighted by Gasteiger charge is 2.43. The molecule has 0 fully saturated rings. The van der Waals surface area contributed by atoms with Gasteiger partial charge in [-0.25, -0.2) is 4.79 Å². The number of anilines is 3. The summed E-state index contributed by atoms with van der Waals surface area (Å²) in [6, 6.07) is 3.85. The summed E-state index contributed by atoms with van der Waals surface area (Å²) in [4.78, 5) is 41.4. The third-order valence-electron chi connectivity index (χ3n) is 4.68. The molecule has 1 aromatic heterocycles. The first kappa shape index (κ1) is 24.1. The van der Waals surface area contributed by atoms with Crippen LogP contribution in [0.15, 0.2) is 27.8 Å². The van der Waals surface area contributed by atoms with E-state index in [0.717, 1.165) is 0 Å². The third-order valence-corrected chi connectivity index (χ3v) is 4.68. The molecule has 33 heavy (non-hydrogen) atoms. The quantitative estimate of drug-likeness (QED) is 0.542. The SMILES string of the molecule is CC(C)CN(CC(=O)Nc1ccc2c(c1)OC(F)(F)O2)c1c(N)n(CC(C)C)c(=O)[nH]c1=O. The Balaban J connectivity index is 1.86. The number of rotatable bonds is 8. The van der Waals surface area contributed by atoms with Crippen LogP contribution in [0.25, 0.3) is 0 Å². The number of carbonyl (C=O) groups is 1. The number of hydrogen-bond acceptors (Lipinski definition) is 7. The second kappa shape index (κ2) is 9.12. The molecule has 1 amide bonds. The second-order valence-corrected chi connectivity index (χ2v) is 8.65. The van der Waals surface area contributed by atoms with Gasteiger partial charge in [-0.3, -0.25) is 19.1 Å². The zero-order chi connectivity index (χ0) is 24.5. The lowest BCUT2D eigenvalue weighted by Gasteiger charge is -2.27. The van der Waals surface area contributed by atoms with E-state index in [1.165, 1.54) is 27.7 Å². The van der Waals surface area contributed by atoms with Gasteiger partial charge in [0.05, 0.1) is 6.54 Å². The second-order valence-electron chi connectivity index (χ2n) is 8.65. The first-order valence-electron chi connectivity index (χ1n) is 10.4. The Hall–Kier alpha value is -3.57. The number of fused-ring (bicyclic) bond motifs is 1. The van der Waals surface area contributed by atoms with Gasteiger partial charge in [-0.15, -0.1) is 8.78 Å². The van der Waals surface area contributed by atoms with Gasteiger partial charge in [-0.2, -0.15) is 0 Å². The van der Waals surface area contributed by atoms with Crippen LogP contribution < -0.4 is 36.7 Å². The van der Waals surface area contributed by atoms with Crippen LogP contribution in [0.4, 0.5) is 26.0 Å². The number of amides is 1. The van der Waals surface area contributed by atoms with E-state index in [0.29, 0.717) is 6.54 Å². The molecule has 2 aromatic rings. The summed E-state index contributed by atoms with van der Waals surface area (Å²) < 4.78 is 36.4. The first-order valence-corrected chi connectivity index (χ1v) is 10.4. The lowest BCUT2D eigenvalue weighted by atomic mass is 10.2. The number of aromatic amines is 1. The number of nitrogen functional groups attached to an aromatic ring is 1. The smallest absolute Gasteiger partial charge is 0.395 e. The molecule has 0 radical (unpaired) electrons. The average molecular weight is 467 g/mol. The summed E-state index contributed by atoms with van der Waals surface area (Å²) in [7, 11) is 0. The first-order chi connectivity index (χ1) is 15.4. The van der Waals surface area contributed by atoms with Crippen molar-refractivity contribution in [1.29, 1.82) is 0 Å². The Morgan fingerprint density at radius 3 is 2.48 bits per heavy atom. The van der Waals surface area contributed by atoms with Gasteiger partial charge in [0, 0.05) is 24.8 Å². The molecule has 180 valence electrons. The number of halogens is 2. The summed E-state index contributed by atoms with van der Waals surface area (Å²) in [5, 5.41) is 2.59. The van der Waals surface area contributed by atoms with Gasteiger partial charge in [0.25, 0.3) is 5.56 Å². The molecule has 0 saturated carbocycles. The van der Waals surface area contributed by atoms with Gasteiger partial charge in [-0.1, -0.05) is 27.7 Å². The van der Waals surface area contributed by atoms with E-state index in [2.05, 4.69) is 19.8 Å². The molecule has 0 atom stereocenters. The van der Waals surface area contributed by atoms with E-state index in [-0.39, 0.29) is 53.6 Å². The minimum Gasteiger partial charge on any atom is -0.395 e. The Kier molecular flexibility index (Phi) is 6.65. The summed E-state index contributed by atoms with van der Waals surface area (Å²) in [6.07, 6.45) is -3.77. The molecule has 0 aliphatic carbocycles. The van der Waals surface area contributed by atoms with E-state index < -0.39 is 23.5 Å². The van der Waals surface area contributed by atoms with Gasteiger partial charge >= 0.3 is 12.0 Å². The van der Waals surface area contributed by atoms with E-state index in [1.54, 1.807) is 0 Å². The van der Waals surface area contributed by atoms with Crippen LogP contribution in [0.5, 0.6) is 11.5 Å². The minimum absolute atomic E-state index is 0.0180. The minimum atomic E-state index is -3.77. The standard InChI is InChI=1S/C21H27F2N5O5/c1-11(2)8-27(17-18(24)28(9-12(3)4)20(31)26-19(17)30)10-16(29)25-13-5-6-14-15(7-13)33-21(22,23)32-14/h5-7,11-12H,8-10,24H2,1-4H3,(H,25,29)(H,26,30,31). The molecule has 0 saturated heterocycles. The van der Waals surface area contributed by atoms with Crippen LogP contribution >= 0.6 is 0 Å². The van der Waals surface area contributed by atoms with Gasteiger partial charge in [0.1, 0.15) is 11.5 Å². The third kappa shape index (κ3) is 5.62. The zero-order valence-corrected chi connectivity index (χ0v) is 18.8. The molecule has 3 rings (SSSR count). The monoisotopic (exact) mass is 467 g/mol. The summed E-state index contributed by atoms with van der Waals surface area (Å²) in [6.45, 7) is 7.92. The van der Waals surface area contributed by atoms with Crippen molar-refractivity contribution in [3.8, 4) is 11.5 Å². The van der Waals surface area contributed by atoms with Crippen LogP contribution in [0.3, 0.4) is 0 Å². The fourth-order valence-electron chi connectivity index (χ4n) is 3.51. The molecule has 1 aliphatic heterocycles. The van der Waals surface area contributed by atoms with E-state index in [1.807, 2.05) is 27.7 Å². The number of nitrogens with zero attached hydrogens (tertiary/aromatic N) is 2. The average Bonchev–Trinajstić information content (AvgIpc) is 2.97. The highest BCUT2D eigenvalue weighted by molar-refractivity contribution is 5.94. The summed E-state index contributed by atoms with van der Waals surface area (Å²) >= 11 is 0. The van der Waals surface area contributed by atoms with Crippen molar-refractivity contribution >= 4 is 23.1 Å². The molecule has 0 bridgehead atoms. The topological polar surface area (TPSA) is 132 Å². The fourth-order valence-corrected chi connectivity index (χ4v) is 3.51. The van der Waals surface area contributed by atoms with Crippen molar-refractivity contribution in [2.24, 2.45) is 11.8 Å². The maximum absolute atomic E-state index is 13.2. The highest BCUT2D eigenvalue weighted by atomic mass is 19.3. The lowest BCUT2D eigenvalue weighted by molar-refractivity contribution is -0.286. The largest absolute Gasteiger partial charge is 0.586 e. The number of ether oxygens (including phenoxy) is 2. The Labute approximate surface area is 188 Å². The Bertz CT molecular complexity index is 1160. The van der Waals surface area contributed by atoms with Crippen LogP contribution in [0.2, 0.25) is 0 Å². The molecule has 12 heteroatoms. The number of nitrogens with two attached hydrogens (primary N) is 1. The number of aromatic nitrogens is 2. The Morgan fingerprint density at radius 2 is 1.85 bits per heavy atom. The number of carbonyl (C=O) groups excluding carboxylic acids is 1. The predicted molar refractivity (Wildman–Crippen MR) is 119 cm³/mol. The van der Waals surface area contributed by atoms with Gasteiger partial charge in [-0.05, 0) is 24.0 Å². The fraction of sp³-hybridized carbons (Fsp3) is 0.476. The maximum atomic E-state index is 13.2. The molecular formula is C21H27F2N5O5. The number of nitrogens with one attached hydrogen (secondary N) is 2. The van der Waals surface area contributed by atoms with Crippen molar-refractivity contribution in [3.05, 3.63) is 39.0 Å². The van der Waals surface area contributed by atoms with Crippen LogP contribution in [0.1, 0.15) is 27.7 Å². The van der Waals surface area contributed by atoms with Crippen molar-refractivity contribution in [1.82, 2.24) is 9.55 Å². The van der Waals surface area contributed by atoms with Crippen molar-refractivity contribution in [2.45, 2.75) is 40.5 Å². The van der Waals surface area contributed by atoms with Crippen LogP contribution in [0, 0.1) is 11.8 Å². The van der Waals surface area contributed by atoms with E-state index >= 15 is 0 Å². The Morgan fingerprint density at radius 1 is 1.18 bits per heavy atom. The number of alkyl halides is 2. The molecule has 4 N–H and O–H groups in total. The molecule has 1 aliphatic rings. The molecule has 10 nitrogen and oxygen atoms in total. The zero-order valence-electron chi connectivity index (χ0n) is 18.8. The van der Waals surface area contributed by atoms with E-state index in [9.17, 15) is 23.2 Å². The van der Waals surface area contributed by atoms with E-state index in [4.69, 9.17) is 5.73 Å². The maximum Gasteiger partial charge on any atom is 0.586 e. The van der Waals surface area contributed by atoms with Gasteiger partial charge < -0.3 is 25.4 Å². The molecule has 0 unspecified atom stereocenters. The van der Waals surface area contributed by atoms with Crippen molar-refractivity contribution in [3.63, 3.8) is 0 Å². The molecular weight excluding hydrogens is 440 g/mol. The van der Waals surface area contributed by atoms with Crippen LogP contribution in [-0.4, -0.2) is 34.8 Å². The molecule has 1 aromatic carbocycles.